The largest absolute Gasteiger partial charge is 0.342 e. The highest BCUT2D eigenvalue weighted by atomic mass is 35.5. The maximum Gasteiger partial charge on any atom is 0.243 e. The first kappa shape index (κ1) is 23.9. The Morgan fingerprint density at radius 1 is 1.22 bits per heavy atom. The molecule has 0 saturated carbocycles. The second kappa shape index (κ2) is 9.37. The highest BCUT2D eigenvalue weighted by Crippen LogP contribution is 2.29. The van der Waals surface area contributed by atoms with E-state index >= 15 is 0 Å². The number of piperidine rings is 1. The molecule has 0 bridgehead atoms. The van der Waals surface area contributed by atoms with E-state index in [4.69, 9.17) is 5.73 Å². The molecular formula is C19H32ClN3O3S. The van der Waals surface area contributed by atoms with Crippen LogP contribution >= 0.6 is 12.4 Å². The molecular weight excluding hydrogens is 386 g/mol. The molecule has 2 rings (SSSR count). The van der Waals surface area contributed by atoms with E-state index in [9.17, 15) is 13.2 Å². The molecule has 8 heteroatoms. The van der Waals surface area contributed by atoms with E-state index in [1.165, 1.54) is 4.31 Å². The van der Waals surface area contributed by atoms with E-state index in [-0.39, 0.29) is 30.3 Å². The maximum atomic E-state index is 13.1. The lowest BCUT2D eigenvalue weighted by atomic mass is 9.96. The summed E-state index contributed by atoms with van der Waals surface area (Å²) in [5, 5.41) is 0. The summed E-state index contributed by atoms with van der Waals surface area (Å²) in [5.41, 5.74) is 8.25. The number of hydrogen-bond donors (Lipinski definition) is 1. The summed E-state index contributed by atoms with van der Waals surface area (Å²) >= 11 is 0. The van der Waals surface area contributed by atoms with Crippen LogP contribution in [0.1, 0.15) is 36.5 Å². The molecule has 0 radical (unpaired) electrons. The molecule has 0 aromatic heterocycles. The van der Waals surface area contributed by atoms with Gasteiger partial charge in [-0.05, 0) is 51.7 Å². The average molecular weight is 418 g/mol. The van der Waals surface area contributed by atoms with E-state index in [2.05, 4.69) is 0 Å². The summed E-state index contributed by atoms with van der Waals surface area (Å²) in [4.78, 5) is 14.7. The minimum absolute atomic E-state index is 0. The SMILES string of the molecule is Cc1cc(C)c(S(=O)(=O)N2CCC(C(=O)N(C)C(C)CN)CC2)c(C)c1.Cl. The third-order valence-electron chi connectivity index (χ3n) is 5.36. The molecule has 1 aromatic carbocycles. The van der Waals surface area contributed by atoms with Gasteiger partial charge in [-0.15, -0.1) is 12.4 Å². The molecule has 27 heavy (non-hydrogen) atoms. The number of amides is 1. The van der Waals surface area contributed by atoms with Gasteiger partial charge in [0, 0.05) is 38.6 Å². The average Bonchev–Trinajstić information content (AvgIpc) is 2.58. The predicted octanol–water partition coefficient (Wildman–Crippen LogP) is 2.24. The number of carbonyl (C=O) groups is 1. The lowest BCUT2D eigenvalue weighted by molar-refractivity contribution is -0.137. The number of hydrogen-bond acceptors (Lipinski definition) is 4. The van der Waals surface area contributed by atoms with Crippen LogP contribution < -0.4 is 5.73 Å². The first-order valence-corrected chi connectivity index (χ1v) is 10.6. The minimum atomic E-state index is -3.54. The van der Waals surface area contributed by atoms with Crippen LogP contribution in [0.4, 0.5) is 0 Å². The van der Waals surface area contributed by atoms with Crippen LogP contribution in [0.3, 0.4) is 0 Å². The van der Waals surface area contributed by atoms with Crippen LogP contribution in [0.5, 0.6) is 0 Å². The van der Waals surface area contributed by atoms with Gasteiger partial charge in [-0.2, -0.15) is 4.31 Å². The number of nitrogens with zero attached hydrogens (tertiary/aromatic N) is 2. The molecule has 2 N–H and O–H groups in total. The maximum absolute atomic E-state index is 13.1. The Morgan fingerprint density at radius 3 is 2.15 bits per heavy atom. The van der Waals surface area contributed by atoms with Crippen LogP contribution in [0, 0.1) is 26.7 Å². The molecule has 1 fully saturated rings. The van der Waals surface area contributed by atoms with E-state index in [1.807, 2.05) is 39.8 Å². The predicted molar refractivity (Wildman–Crippen MR) is 111 cm³/mol. The zero-order chi connectivity index (χ0) is 19.6. The molecule has 1 amide bonds. The summed E-state index contributed by atoms with van der Waals surface area (Å²) in [6.45, 7) is 8.72. The first-order chi connectivity index (χ1) is 12.1. The Labute approximate surface area is 169 Å². The summed E-state index contributed by atoms with van der Waals surface area (Å²) in [6, 6.07) is 3.79. The molecule has 1 aromatic rings. The molecule has 1 atom stereocenters. The fourth-order valence-electron chi connectivity index (χ4n) is 3.71. The highest BCUT2D eigenvalue weighted by Gasteiger charge is 2.35. The van der Waals surface area contributed by atoms with Crippen molar-refractivity contribution in [1.29, 1.82) is 0 Å². The first-order valence-electron chi connectivity index (χ1n) is 9.14. The van der Waals surface area contributed by atoms with Gasteiger partial charge in [0.2, 0.25) is 15.9 Å². The van der Waals surface area contributed by atoms with Crippen molar-refractivity contribution in [3.05, 3.63) is 28.8 Å². The van der Waals surface area contributed by atoms with E-state index in [0.29, 0.717) is 37.4 Å². The van der Waals surface area contributed by atoms with Gasteiger partial charge < -0.3 is 10.6 Å². The van der Waals surface area contributed by atoms with Gasteiger partial charge >= 0.3 is 0 Å². The van der Waals surface area contributed by atoms with Crippen molar-refractivity contribution in [3.8, 4) is 0 Å². The molecule has 0 aliphatic carbocycles. The van der Waals surface area contributed by atoms with Crippen molar-refractivity contribution >= 4 is 28.3 Å². The van der Waals surface area contributed by atoms with Crippen LogP contribution in [-0.4, -0.2) is 56.3 Å². The molecule has 1 unspecified atom stereocenters. The Morgan fingerprint density at radius 2 is 1.70 bits per heavy atom. The molecule has 1 saturated heterocycles. The zero-order valence-electron chi connectivity index (χ0n) is 16.9. The van der Waals surface area contributed by atoms with Crippen molar-refractivity contribution in [2.75, 3.05) is 26.7 Å². The van der Waals surface area contributed by atoms with Gasteiger partial charge in [-0.3, -0.25) is 4.79 Å². The Hall–Kier alpha value is -1.15. The fourth-order valence-corrected chi connectivity index (χ4v) is 5.59. The van der Waals surface area contributed by atoms with E-state index in [1.54, 1.807) is 11.9 Å². The van der Waals surface area contributed by atoms with Gasteiger partial charge in [-0.1, -0.05) is 17.7 Å². The third kappa shape index (κ3) is 5.02. The highest BCUT2D eigenvalue weighted by molar-refractivity contribution is 7.89. The van der Waals surface area contributed by atoms with Crippen molar-refractivity contribution in [3.63, 3.8) is 0 Å². The molecule has 6 nitrogen and oxygen atoms in total. The van der Waals surface area contributed by atoms with Crippen molar-refractivity contribution in [1.82, 2.24) is 9.21 Å². The smallest absolute Gasteiger partial charge is 0.243 e. The number of sulfonamides is 1. The van der Waals surface area contributed by atoms with Crippen molar-refractivity contribution < 1.29 is 13.2 Å². The van der Waals surface area contributed by atoms with Gasteiger partial charge in [0.25, 0.3) is 0 Å². The van der Waals surface area contributed by atoms with Crippen LogP contribution in [0.15, 0.2) is 17.0 Å². The molecule has 1 aliphatic heterocycles. The Bertz CT molecular complexity index is 751. The summed E-state index contributed by atoms with van der Waals surface area (Å²) in [7, 11) is -1.78. The molecule has 0 spiro atoms. The monoisotopic (exact) mass is 417 g/mol. The zero-order valence-corrected chi connectivity index (χ0v) is 18.5. The van der Waals surface area contributed by atoms with Crippen LogP contribution in [0.25, 0.3) is 0 Å². The third-order valence-corrected chi connectivity index (χ3v) is 7.56. The number of aryl methyl sites for hydroxylation is 3. The van der Waals surface area contributed by atoms with Crippen molar-refractivity contribution in [2.24, 2.45) is 11.7 Å². The minimum Gasteiger partial charge on any atom is -0.342 e. The van der Waals surface area contributed by atoms with Crippen molar-refractivity contribution in [2.45, 2.75) is 51.5 Å². The number of rotatable bonds is 5. The van der Waals surface area contributed by atoms with Crippen LogP contribution in [0.2, 0.25) is 0 Å². The lowest BCUT2D eigenvalue weighted by Gasteiger charge is -2.34. The molecule has 154 valence electrons. The number of likely N-dealkylation sites (N-methyl/N-ethyl adjacent to an activating group) is 1. The lowest BCUT2D eigenvalue weighted by Crippen LogP contribution is -2.47. The molecule has 1 aliphatic rings. The normalized spacial score (nSPS) is 17.3. The second-order valence-electron chi connectivity index (χ2n) is 7.44. The van der Waals surface area contributed by atoms with Gasteiger partial charge in [0.15, 0.2) is 0 Å². The van der Waals surface area contributed by atoms with E-state index in [0.717, 1.165) is 16.7 Å². The summed E-state index contributed by atoms with van der Waals surface area (Å²) < 4.78 is 27.8. The topological polar surface area (TPSA) is 83.7 Å². The number of carbonyl (C=O) groups excluding carboxylic acids is 1. The second-order valence-corrected chi connectivity index (χ2v) is 9.31. The fraction of sp³-hybridized carbons (Fsp3) is 0.632. The quantitative estimate of drug-likeness (QED) is 0.796. The molecule has 1 heterocycles. The summed E-state index contributed by atoms with van der Waals surface area (Å²) in [6.07, 6.45) is 1.09. The number of benzene rings is 1. The van der Waals surface area contributed by atoms with Gasteiger partial charge in [0.05, 0.1) is 4.90 Å². The number of nitrogens with two attached hydrogens (primary N) is 1. The van der Waals surface area contributed by atoms with Gasteiger partial charge in [-0.25, -0.2) is 8.42 Å². The van der Waals surface area contributed by atoms with Crippen LogP contribution in [-0.2, 0) is 14.8 Å². The van der Waals surface area contributed by atoms with Gasteiger partial charge in [0.1, 0.15) is 0 Å². The Balaban J connectivity index is 0.00000364. The van der Waals surface area contributed by atoms with E-state index < -0.39 is 10.0 Å². The summed E-state index contributed by atoms with van der Waals surface area (Å²) in [5.74, 6) is -0.0802. The Kier molecular flexibility index (Phi) is 8.29. The number of halogens is 1. The standard InChI is InChI=1S/C19H31N3O3S.ClH/c1-13-10-14(2)18(15(3)11-13)26(24,25)22-8-6-17(7-9-22)19(23)21(5)16(4)12-20;/h10-11,16-17H,6-9,12,20H2,1-5H3;1H.